The fraction of sp³-hybridized carbons (Fsp3) is 0.606. The van der Waals surface area contributed by atoms with Crippen LogP contribution in [0.1, 0.15) is 91.0 Å². The van der Waals surface area contributed by atoms with Gasteiger partial charge >= 0.3 is 0 Å². The molecule has 4 aliphatic carbocycles. The topological polar surface area (TPSA) is 49.9 Å². The minimum atomic E-state index is 0.356. The number of nitrogens with two attached hydrogens (primary N) is 1. The van der Waals surface area contributed by atoms with Gasteiger partial charge in [0.2, 0.25) is 0 Å². The second-order valence-corrected chi connectivity index (χ2v) is 12.3. The molecule has 5 rings (SSSR count). The first kappa shape index (κ1) is 26.0. The fourth-order valence-electron chi connectivity index (χ4n) is 7.28. The van der Waals surface area contributed by atoms with Crippen molar-refractivity contribution in [2.75, 3.05) is 5.73 Å². The quantitative estimate of drug-likeness (QED) is 0.302. The molecule has 0 radical (unpaired) electrons. The zero-order valence-electron chi connectivity index (χ0n) is 22.6. The van der Waals surface area contributed by atoms with Crippen molar-refractivity contribution in [3.63, 3.8) is 0 Å². The molecule has 2 nitrogen and oxygen atoms in total. The van der Waals surface area contributed by atoms with E-state index in [9.17, 15) is 0 Å². The van der Waals surface area contributed by atoms with Crippen molar-refractivity contribution in [1.82, 2.24) is 0 Å². The van der Waals surface area contributed by atoms with Gasteiger partial charge in [0.25, 0.3) is 0 Å². The molecule has 4 unspecified atom stereocenters. The maximum Gasteiger partial charge on any atom is 0.0314 e. The van der Waals surface area contributed by atoms with Crippen LogP contribution in [0.2, 0.25) is 0 Å². The minimum absolute atomic E-state index is 0.356. The van der Waals surface area contributed by atoms with E-state index in [1.165, 1.54) is 64.0 Å². The Morgan fingerprint density at radius 3 is 2.37 bits per heavy atom. The monoisotopic (exact) mass is 472 g/mol. The zero-order chi connectivity index (χ0) is 25.1. The third-order valence-corrected chi connectivity index (χ3v) is 10.2. The number of rotatable bonds is 7. The first-order valence-electron chi connectivity index (χ1n) is 14.2. The Bertz CT molecular complexity index is 942. The molecule has 0 amide bonds. The molecule has 0 bridgehead atoms. The molecule has 3 N–H and O–H groups in total. The Balaban J connectivity index is 0.000000243. The molecule has 4 aliphatic rings. The van der Waals surface area contributed by atoms with Crippen LogP contribution >= 0.6 is 0 Å². The summed E-state index contributed by atoms with van der Waals surface area (Å²) in [6.07, 6.45) is 24.5. The minimum Gasteiger partial charge on any atom is -0.399 e. The van der Waals surface area contributed by atoms with E-state index >= 15 is 0 Å². The molecule has 190 valence electrons. The van der Waals surface area contributed by atoms with Crippen LogP contribution in [0.25, 0.3) is 0 Å². The van der Waals surface area contributed by atoms with Gasteiger partial charge in [0.05, 0.1) is 0 Å². The Labute approximate surface area is 214 Å². The van der Waals surface area contributed by atoms with Crippen molar-refractivity contribution in [3.05, 3.63) is 65.8 Å². The van der Waals surface area contributed by atoms with Gasteiger partial charge in [-0.15, -0.1) is 0 Å². The lowest BCUT2D eigenvalue weighted by atomic mass is 9.51. The number of nitrogen functional groups attached to an aromatic ring is 1. The highest BCUT2D eigenvalue weighted by atomic mass is 14.7. The number of hydrogen-bond acceptors (Lipinski definition) is 2. The number of nitrogens with one attached hydrogen (secondary N) is 1. The predicted molar refractivity (Wildman–Crippen MR) is 152 cm³/mol. The highest BCUT2D eigenvalue weighted by Gasteiger charge is 2.62. The van der Waals surface area contributed by atoms with Gasteiger partial charge < -0.3 is 11.1 Å². The molecule has 35 heavy (non-hydrogen) atoms. The third-order valence-electron chi connectivity index (χ3n) is 10.2. The summed E-state index contributed by atoms with van der Waals surface area (Å²) in [6.45, 7) is 9.62. The molecule has 4 atom stereocenters. The van der Waals surface area contributed by atoms with Crippen LogP contribution in [0, 0.1) is 40.4 Å². The van der Waals surface area contributed by atoms with E-state index in [2.05, 4.69) is 64.1 Å². The smallest absolute Gasteiger partial charge is 0.0314 e. The van der Waals surface area contributed by atoms with Crippen molar-refractivity contribution in [2.45, 2.75) is 90.9 Å². The molecule has 0 spiro atoms. The van der Waals surface area contributed by atoms with Gasteiger partial charge in [0.1, 0.15) is 0 Å². The maximum absolute atomic E-state index is 6.98. The first-order valence-corrected chi connectivity index (χ1v) is 14.2. The van der Waals surface area contributed by atoms with Crippen LogP contribution in [0.3, 0.4) is 0 Å². The van der Waals surface area contributed by atoms with Crippen molar-refractivity contribution in [1.29, 1.82) is 5.41 Å². The lowest BCUT2D eigenvalue weighted by molar-refractivity contribution is 0.0354. The van der Waals surface area contributed by atoms with Crippen molar-refractivity contribution < 1.29 is 0 Å². The molecular formula is C33H48N2. The number of allylic oxidation sites excluding steroid dienone is 6. The van der Waals surface area contributed by atoms with Gasteiger partial charge in [-0.25, -0.2) is 0 Å². The zero-order valence-corrected chi connectivity index (χ0v) is 22.6. The summed E-state index contributed by atoms with van der Waals surface area (Å²) < 4.78 is 0. The summed E-state index contributed by atoms with van der Waals surface area (Å²) >= 11 is 0. The van der Waals surface area contributed by atoms with Gasteiger partial charge in [-0.2, -0.15) is 0 Å². The standard InChI is InChI=1S/C24H37N.C9H11N/c1-4-18-14-21(15-18)23(3,20-8-10-22(25)11-9-20)24(12-13-24)16-19-7-5-6-17(19)2;1-8-3-2-4-9(7-10)6-5-8/h8-11,17-19,21H,4-7,12-16,25H2,1-3H3;2-8,10H,1H3. The summed E-state index contributed by atoms with van der Waals surface area (Å²) in [6, 6.07) is 8.98. The predicted octanol–water partition coefficient (Wildman–Crippen LogP) is 8.89. The van der Waals surface area contributed by atoms with Crippen LogP contribution in [-0.2, 0) is 5.41 Å². The van der Waals surface area contributed by atoms with Crippen LogP contribution < -0.4 is 5.73 Å². The van der Waals surface area contributed by atoms with E-state index in [4.69, 9.17) is 11.1 Å². The average Bonchev–Trinajstić information content (AvgIpc) is 3.55. The average molecular weight is 473 g/mol. The summed E-state index contributed by atoms with van der Waals surface area (Å²) in [4.78, 5) is 0. The van der Waals surface area contributed by atoms with Gasteiger partial charge in [0.15, 0.2) is 0 Å². The van der Waals surface area contributed by atoms with Crippen molar-refractivity contribution >= 4 is 11.9 Å². The van der Waals surface area contributed by atoms with E-state index in [1.807, 2.05) is 18.2 Å². The SMILES string of the molecule is CC1C=CC=C(C=N)C=C1.CCC1CC(C(C)(c2ccc(N)cc2)C2(CC3CCCC3C)CC2)C1. The lowest BCUT2D eigenvalue weighted by Crippen LogP contribution is -2.47. The van der Waals surface area contributed by atoms with Crippen LogP contribution in [0.4, 0.5) is 5.69 Å². The Hall–Kier alpha value is -2.09. The molecule has 3 fully saturated rings. The van der Waals surface area contributed by atoms with Crippen LogP contribution in [-0.4, -0.2) is 6.21 Å². The molecule has 3 saturated carbocycles. The van der Waals surface area contributed by atoms with Gasteiger partial charge in [-0.1, -0.05) is 95.9 Å². The molecule has 0 saturated heterocycles. The second kappa shape index (κ2) is 10.9. The summed E-state index contributed by atoms with van der Waals surface area (Å²) in [7, 11) is 0. The third kappa shape index (κ3) is 5.52. The van der Waals surface area contributed by atoms with Crippen molar-refractivity contribution in [3.8, 4) is 0 Å². The second-order valence-electron chi connectivity index (χ2n) is 12.3. The highest BCUT2D eigenvalue weighted by molar-refractivity contribution is 5.80. The van der Waals surface area contributed by atoms with Gasteiger partial charge in [-0.3, -0.25) is 0 Å². The number of benzene rings is 1. The van der Waals surface area contributed by atoms with E-state index in [1.54, 1.807) is 5.56 Å². The number of anilines is 1. The lowest BCUT2D eigenvalue weighted by Gasteiger charge is -2.53. The van der Waals surface area contributed by atoms with E-state index < -0.39 is 0 Å². The normalized spacial score (nSPS) is 32.3. The molecule has 1 aromatic carbocycles. The fourth-order valence-corrected chi connectivity index (χ4v) is 7.28. The van der Waals surface area contributed by atoms with Crippen LogP contribution in [0.5, 0.6) is 0 Å². The largest absolute Gasteiger partial charge is 0.399 e. The van der Waals surface area contributed by atoms with Crippen molar-refractivity contribution in [2.24, 2.45) is 35.0 Å². The molecular weight excluding hydrogens is 424 g/mol. The maximum atomic E-state index is 6.98. The summed E-state index contributed by atoms with van der Waals surface area (Å²) in [5, 5.41) is 6.98. The Morgan fingerprint density at radius 2 is 1.80 bits per heavy atom. The molecule has 0 aliphatic heterocycles. The van der Waals surface area contributed by atoms with Gasteiger partial charge in [0, 0.05) is 17.3 Å². The van der Waals surface area contributed by atoms with E-state index in [0.29, 0.717) is 16.7 Å². The Morgan fingerprint density at radius 1 is 1.09 bits per heavy atom. The molecule has 1 aromatic rings. The molecule has 2 heteroatoms. The van der Waals surface area contributed by atoms with E-state index in [-0.39, 0.29) is 0 Å². The summed E-state index contributed by atoms with van der Waals surface area (Å²) in [5.41, 5.74) is 10.4. The van der Waals surface area contributed by atoms with E-state index in [0.717, 1.165) is 34.9 Å². The molecule has 0 aromatic heterocycles. The van der Waals surface area contributed by atoms with Gasteiger partial charge in [-0.05, 0) is 90.4 Å². The van der Waals surface area contributed by atoms with Crippen LogP contribution in [0.15, 0.2) is 60.2 Å². The first-order chi connectivity index (χ1) is 16.8. The Kier molecular flexibility index (Phi) is 8.09. The number of hydrogen-bond donors (Lipinski definition) is 2. The molecule has 0 heterocycles. The summed E-state index contributed by atoms with van der Waals surface area (Å²) in [5.74, 6) is 4.25. The highest BCUT2D eigenvalue weighted by Crippen LogP contribution is 2.69.